The topological polar surface area (TPSA) is 148 Å². The van der Waals surface area contributed by atoms with Crippen molar-refractivity contribution in [2.75, 3.05) is 33.8 Å². The van der Waals surface area contributed by atoms with Crippen LogP contribution in [0.3, 0.4) is 0 Å². The molecule has 1 aromatic heterocycles. The van der Waals surface area contributed by atoms with Gasteiger partial charge in [-0.2, -0.15) is 0 Å². The molecule has 0 aliphatic rings. The van der Waals surface area contributed by atoms with E-state index in [0.29, 0.717) is 12.4 Å². The third-order valence-electron chi connectivity index (χ3n) is 5.61. The number of ether oxygens (including phenoxy) is 1. The van der Waals surface area contributed by atoms with Crippen LogP contribution in [0.5, 0.6) is 5.75 Å². The molecule has 1 amide bonds. The molecule has 4 rings (SSSR count). The van der Waals surface area contributed by atoms with Crippen LogP contribution in [0.2, 0.25) is 0 Å². The van der Waals surface area contributed by atoms with Crippen LogP contribution in [0.1, 0.15) is 6.92 Å². The van der Waals surface area contributed by atoms with Gasteiger partial charge < -0.3 is 10.1 Å². The van der Waals surface area contributed by atoms with Crippen LogP contribution in [0.15, 0.2) is 106 Å². The van der Waals surface area contributed by atoms with Crippen LogP contribution in [-0.2, 0) is 24.8 Å². The van der Waals surface area contributed by atoms with E-state index < -0.39 is 32.5 Å². The molecular formula is C27H27N5O6S3. The summed E-state index contributed by atoms with van der Waals surface area (Å²) >= 11 is 1.48. The molecule has 0 unspecified atom stereocenters. The fourth-order valence-corrected chi connectivity index (χ4v) is 6.49. The number of nitrogens with zero attached hydrogens (tertiary/aromatic N) is 3. The molecule has 0 saturated heterocycles. The lowest BCUT2D eigenvalue weighted by Crippen LogP contribution is -2.38. The summed E-state index contributed by atoms with van der Waals surface area (Å²) in [5.41, 5.74) is 0.471. The summed E-state index contributed by atoms with van der Waals surface area (Å²) in [6, 6.07) is 19.9. The zero-order valence-corrected chi connectivity index (χ0v) is 24.5. The molecule has 0 saturated carbocycles. The number of amides is 1. The maximum Gasteiger partial charge on any atom is 0.264 e. The van der Waals surface area contributed by atoms with Crippen molar-refractivity contribution in [3.63, 3.8) is 0 Å². The van der Waals surface area contributed by atoms with E-state index in [-0.39, 0.29) is 27.1 Å². The van der Waals surface area contributed by atoms with Crippen molar-refractivity contribution in [3.8, 4) is 5.75 Å². The minimum Gasteiger partial charge on any atom is -0.492 e. The standard InChI is InChI=1S/C27H27N5O6S3/c1-3-38-25-8-5-4-7-24(25)32(41(36,37)23-15-11-21(39-2)12-16-23)19-26(33)30-20-9-13-22(14-10-20)40(34,35)31-27-28-17-6-18-29-27/h4-18H,3,19H2,1-2H3,(H,30,33)(H,28,29,31). The first-order valence-electron chi connectivity index (χ1n) is 12.2. The Morgan fingerprint density at radius 1 is 0.878 bits per heavy atom. The fourth-order valence-electron chi connectivity index (χ4n) is 3.69. The van der Waals surface area contributed by atoms with E-state index in [2.05, 4.69) is 20.0 Å². The van der Waals surface area contributed by atoms with Crippen LogP contribution in [0, 0.1) is 0 Å². The van der Waals surface area contributed by atoms with E-state index in [1.54, 1.807) is 49.4 Å². The molecule has 1 heterocycles. The van der Waals surface area contributed by atoms with Gasteiger partial charge in [0.05, 0.1) is 22.1 Å². The number of carbonyl (C=O) groups excluding carboxylic acids is 1. The predicted octanol–water partition coefficient (Wildman–Crippen LogP) is 4.23. The molecule has 2 N–H and O–H groups in total. The maximum absolute atomic E-state index is 13.8. The fraction of sp³-hybridized carbons (Fsp3) is 0.148. The second kappa shape index (κ2) is 13.0. The third-order valence-corrected chi connectivity index (χ3v) is 9.47. The quantitative estimate of drug-likeness (QED) is 0.224. The van der Waals surface area contributed by atoms with Gasteiger partial charge in [0, 0.05) is 23.0 Å². The van der Waals surface area contributed by atoms with E-state index in [1.807, 2.05) is 6.26 Å². The molecule has 4 aromatic rings. The van der Waals surface area contributed by atoms with Crippen molar-refractivity contribution >= 4 is 55.0 Å². The zero-order chi connectivity index (χ0) is 29.5. The highest BCUT2D eigenvalue weighted by Crippen LogP contribution is 2.33. The van der Waals surface area contributed by atoms with Crippen LogP contribution < -0.4 is 19.1 Å². The first-order valence-corrected chi connectivity index (χ1v) is 16.4. The van der Waals surface area contributed by atoms with E-state index in [1.165, 1.54) is 60.6 Å². The lowest BCUT2D eigenvalue weighted by molar-refractivity contribution is -0.114. The normalized spacial score (nSPS) is 11.5. The van der Waals surface area contributed by atoms with Gasteiger partial charge >= 0.3 is 0 Å². The first kappa shape index (κ1) is 29.8. The molecular weight excluding hydrogens is 587 g/mol. The molecule has 0 bridgehead atoms. The summed E-state index contributed by atoms with van der Waals surface area (Å²) in [4.78, 5) is 21.7. The van der Waals surface area contributed by atoms with Gasteiger partial charge in [0.15, 0.2) is 0 Å². The van der Waals surface area contributed by atoms with Crippen molar-refractivity contribution in [2.45, 2.75) is 21.6 Å². The van der Waals surface area contributed by atoms with Crippen LogP contribution >= 0.6 is 11.8 Å². The summed E-state index contributed by atoms with van der Waals surface area (Å²) in [6.07, 6.45) is 4.69. The Balaban J connectivity index is 1.58. The van der Waals surface area contributed by atoms with E-state index in [4.69, 9.17) is 4.74 Å². The molecule has 214 valence electrons. The second-order valence-electron chi connectivity index (χ2n) is 8.34. The van der Waals surface area contributed by atoms with Crippen molar-refractivity contribution in [1.29, 1.82) is 0 Å². The smallest absolute Gasteiger partial charge is 0.264 e. The lowest BCUT2D eigenvalue weighted by Gasteiger charge is -2.26. The van der Waals surface area contributed by atoms with Gasteiger partial charge in [-0.25, -0.2) is 31.5 Å². The number of para-hydroxylation sites is 2. The monoisotopic (exact) mass is 613 g/mol. The number of carbonyl (C=O) groups is 1. The summed E-state index contributed by atoms with van der Waals surface area (Å²) in [7, 11) is -8.15. The molecule has 0 aliphatic heterocycles. The van der Waals surface area contributed by atoms with E-state index in [9.17, 15) is 21.6 Å². The molecule has 14 heteroatoms. The molecule has 41 heavy (non-hydrogen) atoms. The molecule has 0 atom stereocenters. The van der Waals surface area contributed by atoms with Crippen molar-refractivity contribution in [1.82, 2.24) is 9.97 Å². The van der Waals surface area contributed by atoms with Gasteiger partial charge in [-0.05, 0) is 79.9 Å². The lowest BCUT2D eigenvalue weighted by atomic mass is 10.3. The number of nitrogens with one attached hydrogen (secondary N) is 2. The Bertz CT molecular complexity index is 1700. The average Bonchev–Trinajstić information content (AvgIpc) is 2.97. The Morgan fingerprint density at radius 2 is 1.51 bits per heavy atom. The van der Waals surface area contributed by atoms with Crippen LogP contribution in [-0.4, -0.2) is 52.1 Å². The SMILES string of the molecule is CCOc1ccccc1N(CC(=O)Nc1ccc(S(=O)(=O)Nc2ncccn2)cc1)S(=O)(=O)c1ccc(SC)cc1. The number of rotatable bonds is 12. The molecule has 0 aliphatic carbocycles. The van der Waals surface area contributed by atoms with Gasteiger partial charge in [-0.15, -0.1) is 11.8 Å². The van der Waals surface area contributed by atoms with Gasteiger partial charge in [-0.1, -0.05) is 12.1 Å². The molecule has 0 fully saturated rings. The number of hydrogen-bond donors (Lipinski definition) is 2. The Morgan fingerprint density at radius 3 is 2.15 bits per heavy atom. The number of sulfonamides is 2. The van der Waals surface area contributed by atoms with Gasteiger partial charge in [0.2, 0.25) is 11.9 Å². The van der Waals surface area contributed by atoms with Gasteiger partial charge in [-0.3, -0.25) is 9.10 Å². The second-order valence-corrected chi connectivity index (χ2v) is 12.8. The predicted molar refractivity (Wildman–Crippen MR) is 158 cm³/mol. The number of anilines is 3. The number of benzene rings is 3. The van der Waals surface area contributed by atoms with Crippen LogP contribution in [0.25, 0.3) is 0 Å². The van der Waals surface area contributed by atoms with Gasteiger partial charge in [0.25, 0.3) is 20.0 Å². The minimum absolute atomic E-state index is 0.0128. The number of aromatic nitrogens is 2. The highest BCUT2D eigenvalue weighted by atomic mass is 32.2. The summed E-state index contributed by atoms with van der Waals surface area (Å²) in [5, 5.41) is 2.63. The van der Waals surface area contributed by atoms with Crippen LogP contribution in [0.4, 0.5) is 17.3 Å². The zero-order valence-electron chi connectivity index (χ0n) is 22.1. The Kier molecular flexibility index (Phi) is 9.47. The first-order chi connectivity index (χ1) is 19.6. The highest BCUT2D eigenvalue weighted by Gasteiger charge is 2.29. The van der Waals surface area contributed by atoms with E-state index in [0.717, 1.165) is 9.20 Å². The minimum atomic E-state index is -4.18. The maximum atomic E-state index is 13.8. The third kappa shape index (κ3) is 7.34. The Labute approximate surface area is 243 Å². The van der Waals surface area contributed by atoms with E-state index >= 15 is 0 Å². The van der Waals surface area contributed by atoms with Crippen molar-refractivity contribution in [3.05, 3.63) is 91.3 Å². The highest BCUT2D eigenvalue weighted by molar-refractivity contribution is 7.98. The molecule has 11 nitrogen and oxygen atoms in total. The molecule has 3 aromatic carbocycles. The molecule has 0 radical (unpaired) electrons. The molecule has 0 spiro atoms. The number of thioether (sulfide) groups is 1. The number of hydrogen-bond acceptors (Lipinski definition) is 9. The van der Waals surface area contributed by atoms with Crippen molar-refractivity contribution < 1.29 is 26.4 Å². The largest absolute Gasteiger partial charge is 0.492 e. The Hall–Kier alpha value is -4.14. The summed E-state index contributed by atoms with van der Waals surface area (Å²) < 4.78 is 61.8. The summed E-state index contributed by atoms with van der Waals surface area (Å²) in [5.74, 6) is -0.426. The van der Waals surface area contributed by atoms with Crippen molar-refractivity contribution in [2.24, 2.45) is 0 Å². The average molecular weight is 614 g/mol. The van der Waals surface area contributed by atoms with Gasteiger partial charge in [0.1, 0.15) is 12.3 Å². The summed E-state index contributed by atoms with van der Waals surface area (Å²) in [6.45, 7) is 1.50.